The van der Waals surface area contributed by atoms with E-state index < -0.39 is 46.7 Å². The van der Waals surface area contributed by atoms with E-state index in [1.807, 2.05) is 91.0 Å². The lowest BCUT2D eigenvalue weighted by atomic mass is 10.1. The van der Waals surface area contributed by atoms with E-state index in [9.17, 15) is 37.5 Å². The summed E-state index contributed by atoms with van der Waals surface area (Å²) < 4.78 is 39.1. The van der Waals surface area contributed by atoms with E-state index in [0.29, 0.717) is 107 Å². The number of aryl methyl sites for hydroxylation is 1. The highest BCUT2D eigenvalue weighted by Gasteiger charge is 2.35. The smallest absolute Gasteiger partial charge is 0.295 e. The van der Waals surface area contributed by atoms with Crippen molar-refractivity contribution in [3.05, 3.63) is 210 Å². The summed E-state index contributed by atoms with van der Waals surface area (Å²) in [5.41, 5.74) is 4.22. The number of piperazine rings is 3. The number of methoxy groups -OCH3 is 1. The summed E-state index contributed by atoms with van der Waals surface area (Å²) in [5.74, 6) is -0.918. The number of fused-ring (bicyclic) bond motifs is 3. The highest BCUT2D eigenvalue weighted by molar-refractivity contribution is 6.46. The first-order valence-electron chi connectivity index (χ1n) is 33.0. The number of carbonyl (C=O) groups is 6. The summed E-state index contributed by atoms with van der Waals surface area (Å²) in [6.45, 7) is 7.31. The summed E-state index contributed by atoms with van der Waals surface area (Å²) in [7, 11) is 6.73. The maximum atomic E-state index is 14.7. The molecule has 12 heterocycles. The monoisotopic (exact) mass is 1410 g/mol. The van der Waals surface area contributed by atoms with Crippen molar-refractivity contribution in [1.29, 1.82) is 0 Å². The maximum Gasteiger partial charge on any atom is 0.295 e. The Morgan fingerprint density at radius 3 is 1.08 bits per heavy atom. The molecule has 3 aromatic carbocycles. The number of H-pyrrole nitrogens is 3. The first-order valence-corrected chi connectivity index (χ1v) is 33.0. The Balaban J connectivity index is 0.000000139. The summed E-state index contributed by atoms with van der Waals surface area (Å²) >= 11 is 0. The van der Waals surface area contributed by atoms with Gasteiger partial charge in [0.25, 0.3) is 35.1 Å². The Bertz CT molecular complexity index is 5010. The van der Waals surface area contributed by atoms with Crippen LogP contribution in [0.1, 0.15) is 53.6 Å². The second-order valence-electron chi connectivity index (χ2n) is 23.9. The van der Waals surface area contributed by atoms with Crippen molar-refractivity contribution in [2.75, 3.05) is 107 Å². The molecule has 9 aromatic heterocycles. The second-order valence-corrected chi connectivity index (χ2v) is 23.9. The number of pyridine rings is 3. The van der Waals surface area contributed by atoms with Crippen molar-refractivity contribution >= 4 is 85.3 Å². The van der Waals surface area contributed by atoms with Gasteiger partial charge in [-0.25, -0.2) is 42.8 Å². The van der Waals surface area contributed by atoms with Gasteiger partial charge < -0.3 is 49.1 Å². The molecular weight excluding hydrogens is 1340 g/mol. The van der Waals surface area contributed by atoms with Crippen molar-refractivity contribution in [2.45, 2.75) is 6.92 Å². The number of halogens is 2. The van der Waals surface area contributed by atoms with Gasteiger partial charge in [0.05, 0.1) is 99.9 Å². The number of aromatic nitrogens is 15. The number of nitrogens with one attached hydrogen (secondary N) is 3. The molecule has 0 atom stereocenters. The molecule has 3 aliphatic heterocycles. The van der Waals surface area contributed by atoms with E-state index in [1.54, 1.807) is 51.7 Å². The molecular formula is C71H68F2N24O7. The van der Waals surface area contributed by atoms with Crippen LogP contribution in [-0.4, -0.2) is 263 Å². The van der Waals surface area contributed by atoms with Gasteiger partial charge in [-0.15, -0.1) is 10.2 Å². The van der Waals surface area contributed by atoms with Crippen molar-refractivity contribution in [3.63, 3.8) is 0 Å². The van der Waals surface area contributed by atoms with Crippen molar-refractivity contribution in [2.24, 2.45) is 15.0 Å². The van der Waals surface area contributed by atoms with Crippen molar-refractivity contribution < 1.29 is 42.3 Å². The van der Waals surface area contributed by atoms with E-state index in [2.05, 4.69) is 90.3 Å². The molecule has 3 amide bonds. The Kier molecular flexibility index (Phi) is 20.4. The first kappa shape index (κ1) is 69.1. The van der Waals surface area contributed by atoms with Crippen LogP contribution in [0.5, 0.6) is 5.75 Å². The fourth-order valence-electron chi connectivity index (χ4n) is 12.9. The van der Waals surface area contributed by atoms with Crippen LogP contribution in [0.2, 0.25) is 0 Å². The van der Waals surface area contributed by atoms with Crippen LogP contribution in [-0.2, 0) is 14.4 Å². The zero-order valence-electron chi connectivity index (χ0n) is 57.0. The van der Waals surface area contributed by atoms with Crippen LogP contribution in [0.4, 0.5) is 8.78 Å². The number of amides is 3. The SMILES string of the molecule is CN=C(c1ccccc1)N1CCN(C(=O)C(=O)c2c[nH]c3c(-n4ccnn4)ncc(F)c23)CC1.CN=C(c1ccccc1)N1CCN(C(=O)C(=O)c2c[nH]c3c(-n4ccnn4)ncc(F)c23)CC1.CN=C(c1ccccc1)N1CCN(C(=O)C(=O)c2c[nH]c3c(-n4cnc(C)n4)ncc(OC)c23)CC1. The lowest BCUT2D eigenvalue weighted by Crippen LogP contribution is -2.52. The highest BCUT2D eigenvalue weighted by atomic mass is 19.1. The van der Waals surface area contributed by atoms with Crippen LogP contribution in [0.25, 0.3) is 50.2 Å². The molecule has 3 saturated heterocycles. The predicted octanol–water partition coefficient (Wildman–Crippen LogP) is 5.24. The molecule has 31 nitrogen and oxygen atoms in total. The van der Waals surface area contributed by atoms with E-state index in [0.717, 1.165) is 46.6 Å². The Morgan fingerprint density at radius 1 is 0.433 bits per heavy atom. The minimum Gasteiger partial charge on any atom is -0.494 e. The zero-order valence-corrected chi connectivity index (χ0v) is 57.0. The van der Waals surface area contributed by atoms with Crippen LogP contribution < -0.4 is 4.74 Å². The summed E-state index contributed by atoms with van der Waals surface area (Å²) in [6.07, 6.45) is 15.3. The number of Topliss-reactive ketones (excluding diaryl/α,β-unsaturated/α-hetero) is 3. The quantitative estimate of drug-likeness (QED) is 0.0575. The predicted molar refractivity (Wildman–Crippen MR) is 378 cm³/mol. The van der Waals surface area contributed by atoms with Crippen LogP contribution in [0, 0.1) is 18.6 Å². The minimum absolute atomic E-state index is 0.00182. The molecule has 528 valence electrons. The number of ketones is 3. The molecule has 0 bridgehead atoms. The molecule has 0 radical (unpaired) electrons. The Labute approximate surface area is 591 Å². The standard InChI is InChI=1S/C25H26N8O3.2C23H21FN8O2/c1-16-29-15-33(30-16)24-21-20(19(36-3)14-28-24)18(13-27-21)22(34)25(35)32-11-9-31(10-12-32)23(26-2)17-7-5-4-6-8-17;2*1-25-21(15-5-3-2-4-6-15)30-9-11-31(12-10-30)23(34)20(33)16-13-26-19-18(16)17(24)14-27-22(19)32-8-7-28-29-32/h4-8,13-15,27H,9-12H2,1-3H3;2*2-8,13-14,26H,9-12H2,1H3. The summed E-state index contributed by atoms with van der Waals surface area (Å²) in [6, 6.07) is 29.5. The Hall–Kier alpha value is -13.4. The Morgan fingerprint density at radius 2 is 0.760 bits per heavy atom. The lowest BCUT2D eigenvalue weighted by molar-refractivity contribution is -0.128. The fourth-order valence-corrected chi connectivity index (χ4v) is 12.9. The number of ether oxygens (including phenoxy) is 1. The third-order valence-corrected chi connectivity index (χ3v) is 17.9. The molecule has 3 aliphatic rings. The molecule has 0 spiro atoms. The van der Waals surface area contributed by atoms with Gasteiger partial charge in [-0.1, -0.05) is 101 Å². The number of nitrogens with zero attached hydrogens (tertiary/aromatic N) is 21. The molecule has 3 fully saturated rings. The first-order chi connectivity index (χ1) is 50.7. The van der Waals surface area contributed by atoms with Crippen LogP contribution in [0.15, 0.2) is 174 Å². The van der Waals surface area contributed by atoms with Crippen molar-refractivity contribution in [3.8, 4) is 23.2 Å². The number of aromatic amines is 3. The van der Waals surface area contributed by atoms with Gasteiger partial charge in [0.2, 0.25) is 0 Å². The summed E-state index contributed by atoms with van der Waals surface area (Å²) in [5, 5.41) is 20.0. The van der Waals surface area contributed by atoms with Gasteiger partial charge in [0.15, 0.2) is 29.1 Å². The fraction of sp³-hybridized carbons (Fsp3) is 0.239. The lowest BCUT2D eigenvalue weighted by Gasteiger charge is -2.36. The van der Waals surface area contributed by atoms with Crippen LogP contribution >= 0.6 is 0 Å². The molecule has 104 heavy (non-hydrogen) atoms. The maximum absolute atomic E-state index is 14.7. The summed E-state index contributed by atoms with van der Waals surface area (Å²) in [4.78, 5) is 128. The second kappa shape index (κ2) is 30.6. The average molecular weight is 1410 g/mol. The van der Waals surface area contributed by atoms with Gasteiger partial charge in [-0.05, 0) is 6.92 Å². The average Bonchev–Trinajstić information content (AvgIpc) is 1.61. The molecule has 3 N–H and O–H groups in total. The minimum atomic E-state index is -0.776. The highest BCUT2D eigenvalue weighted by Crippen LogP contribution is 2.33. The van der Waals surface area contributed by atoms with E-state index >= 15 is 0 Å². The molecule has 0 aliphatic carbocycles. The molecule has 0 saturated carbocycles. The third-order valence-electron chi connectivity index (χ3n) is 17.9. The largest absolute Gasteiger partial charge is 0.494 e. The van der Waals surface area contributed by atoms with Crippen molar-refractivity contribution in [1.82, 2.24) is 104 Å². The normalized spacial score (nSPS) is 14.5. The zero-order chi connectivity index (χ0) is 72.5. The van der Waals surface area contributed by atoms with Gasteiger partial charge in [-0.2, -0.15) is 5.10 Å². The van der Waals surface area contributed by atoms with Gasteiger partial charge >= 0.3 is 0 Å². The van der Waals surface area contributed by atoms with Gasteiger partial charge in [0, 0.05) is 135 Å². The van der Waals surface area contributed by atoms with Crippen LogP contribution in [0.3, 0.4) is 0 Å². The van der Waals surface area contributed by atoms with E-state index in [-0.39, 0.29) is 50.1 Å². The number of benzene rings is 3. The third kappa shape index (κ3) is 13.9. The van der Waals surface area contributed by atoms with Gasteiger partial charge in [-0.3, -0.25) is 43.7 Å². The van der Waals surface area contributed by atoms with Gasteiger partial charge in [0.1, 0.15) is 35.4 Å². The van der Waals surface area contributed by atoms with E-state index in [1.165, 1.54) is 68.1 Å². The topological polar surface area (TPSA) is 346 Å². The van der Waals surface area contributed by atoms with E-state index in [4.69, 9.17) is 4.74 Å². The number of hydrogen-bond acceptors (Lipinski definition) is 19. The number of rotatable bonds is 13. The number of carbonyl (C=O) groups excluding carboxylic acids is 6. The number of amidine groups is 3. The number of hydrogen-bond donors (Lipinski definition) is 3. The molecule has 33 heteroatoms. The molecule has 15 rings (SSSR count). The molecule has 0 unspecified atom stereocenters. The number of aliphatic imine (C=N–C) groups is 3. The molecule has 12 aromatic rings.